The summed E-state index contributed by atoms with van der Waals surface area (Å²) < 4.78 is 23.4. The van der Waals surface area contributed by atoms with Gasteiger partial charge in [-0.05, 0) is 61.8 Å². The molecule has 166 valence electrons. The molecule has 0 aromatic heterocycles. The number of nitrogens with zero attached hydrogens (tertiary/aromatic N) is 2. The van der Waals surface area contributed by atoms with Crippen LogP contribution in [0.15, 0.2) is 34.3 Å². The second-order valence-electron chi connectivity index (χ2n) is 9.54. The van der Waals surface area contributed by atoms with E-state index in [0.717, 1.165) is 12.1 Å². The van der Waals surface area contributed by atoms with Crippen LogP contribution in [0, 0.1) is 11.8 Å². The van der Waals surface area contributed by atoms with E-state index in [4.69, 9.17) is 10.2 Å². The second-order valence-corrected chi connectivity index (χ2v) is 11.1. The highest BCUT2D eigenvalue weighted by molar-refractivity contribution is 7.89. The van der Waals surface area contributed by atoms with Crippen LogP contribution in [-0.2, 0) is 10.0 Å². The lowest BCUT2D eigenvalue weighted by atomic mass is 9.81. The fourth-order valence-electron chi connectivity index (χ4n) is 5.69. The van der Waals surface area contributed by atoms with Gasteiger partial charge in [0.25, 0.3) is 0 Å². The molecule has 1 aromatic carbocycles. The summed E-state index contributed by atoms with van der Waals surface area (Å²) in [5.41, 5.74) is 2.38. The van der Waals surface area contributed by atoms with E-state index >= 15 is 0 Å². The molecule has 4 rings (SSSR count). The van der Waals surface area contributed by atoms with Gasteiger partial charge in [-0.1, -0.05) is 57.8 Å². The number of hydrogen-bond acceptors (Lipinski definition) is 4. The summed E-state index contributed by atoms with van der Waals surface area (Å²) in [6.07, 6.45) is 18.3. The van der Waals surface area contributed by atoms with Crippen molar-refractivity contribution in [2.45, 2.75) is 101 Å². The predicted molar refractivity (Wildman–Crippen MR) is 123 cm³/mol. The number of nitrogens with two attached hydrogens (primary N) is 1. The molecule has 1 aromatic rings. The van der Waals surface area contributed by atoms with Crippen LogP contribution in [0.3, 0.4) is 0 Å². The van der Waals surface area contributed by atoms with E-state index in [1.54, 1.807) is 12.1 Å². The average Bonchev–Trinajstić information content (AvgIpc) is 3.23. The summed E-state index contributed by atoms with van der Waals surface area (Å²) in [6, 6.07) is 7.42. The number of hydrogen-bond donors (Lipinski definition) is 1. The zero-order chi connectivity index (χ0) is 21.0. The lowest BCUT2D eigenvalue weighted by molar-refractivity contribution is 0.352. The van der Waals surface area contributed by atoms with Crippen LogP contribution >= 0.6 is 0 Å². The van der Waals surface area contributed by atoms with Crippen molar-refractivity contribution in [1.82, 2.24) is 0 Å². The molecule has 2 aliphatic carbocycles. The molecule has 1 heterocycles. The van der Waals surface area contributed by atoms with Crippen LogP contribution in [0.1, 0.15) is 89.9 Å². The van der Waals surface area contributed by atoms with Gasteiger partial charge < -0.3 is 0 Å². The number of hydrazone groups is 1. The minimum atomic E-state index is -3.67. The molecule has 2 fully saturated rings. The van der Waals surface area contributed by atoms with Crippen LogP contribution in [0.4, 0.5) is 5.69 Å². The third-order valence-corrected chi connectivity index (χ3v) is 8.35. The molecule has 6 heteroatoms. The largest absolute Gasteiger partial charge is 0.262 e. The van der Waals surface area contributed by atoms with Gasteiger partial charge in [0.1, 0.15) is 0 Å². The first-order chi connectivity index (χ1) is 14.5. The zero-order valence-corrected chi connectivity index (χ0v) is 19.0. The molecule has 1 unspecified atom stereocenters. The van der Waals surface area contributed by atoms with Crippen molar-refractivity contribution >= 4 is 21.4 Å². The Morgan fingerprint density at radius 1 is 0.800 bits per heavy atom. The van der Waals surface area contributed by atoms with Gasteiger partial charge in [-0.3, -0.25) is 5.01 Å². The normalized spacial score (nSPS) is 25.4. The maximum absolute atomic E-state index is 11.7. The molecule has 0 amide bonds. The maximum atomic E-state index is 11.7. The Morgan fingerprint density at radius 2 is 1.33 bits per heavy atom. The summed E-state index contributed by atoms with van der Waals surface area (Å²) in [6.45, 7) is 0. The first-order valence-electron chi connectivity index (χ1n) is 12.0. The van der Waals surface area contributed by atoms with Gasteiger partial charge in [-0.25, -0.2) is 13.6 Å². The van der Waals surface area contributed by atoms with Crippen molar-refractivity contribution in [3.05, 3.63) is 24.3 Å². The third-order valence-electron chi connectivity index (χ3n) is 7.42. The van der Waals surface area contributed by atoms with Gasteiger partial charge >= 0.3 is 0 Å². The Labute approximate surface area is 182 Å². The summed E-state index contributed by atoms with van der Waals surface area (Å²) in [4.78, 5) is 0.168. The number of anilines is 1. The van der Waals surface area contributed by atoms with E-state index in [0.29, 0.717) is 17.9 Å². The Hall–Kier alpha value is -1.40. The Balaban J connectivity index is 1.60. The molecule has 30 heavy (non-hydrogen) atoms. The fourth-order valence-corrected chi connectivity index (χ4v) is 6.21. The van der Waals surface area contributed by atoms with Crippen LogP contribution in [0.5, 0.6) is 0 Å². The van der Waals surface area contributed by atoms with Gasteiger partial charge in [0.05, 0.1) is 16.6 Å². The van der Waals surface area contributed by atoms with Crippen LogP contribution in [-0.4, -0.2) is 20.2 Å². The van der Waals surface area contributed by atoms with Gasteiger partial charge in [0.15, 0.2) is 0 Å². The second kappa shape index (κ2) is 9.82. The average molecular weight is 432 g/mol. The summed E-state index contributed by atoms with van der Waals surface area (Å²) in [7, 11) is -3.67. The first-order valence-corrected chi connectivity index (χ1v) is 13.6. The topological polar surface area (TPSA) is 75.8 Å². The van der Waals surface area contributed by atoms with Gasteiger partial charge in [-0.15, -0.1) is 0 Å². The SMILES string of the molecule is NS(=O)(=O)c1ccc(N2N=C(C3CCCCC3)CC2C2CCCCCCCC2)cc1. The molecule has 2 N–H and O–H groups in total. The van der Waals surface area contributed by atoms with E-state index in [1.807, 2.05) is 12.1 Å². The van der Waals surface area contributed by atoms with Crippen molar-refractivity contribution in [2.24, 2.45) is 22.1 Å². The minimum absolute atomic E-state index is 0.168. The third kappa shape index (κ3) is 5.25. The standard InChI is InChI=1S/C24H37N3O2S/c25-30(28,29)22-16-14-21(15-17-22)27-24(20-12-6-3-1-2-4-7-13-20)18-23(26-27)19-10-8-5-9-11-19/h14-17,19-20,24H,1-13,18H2,(H2,25,28,29). The van der Waals surface area contributed by atoms with Crippen molar-refractivity contribution < 1.29 is 8.42 Å². The molecular weight excluding hydrogens is 394 g/mol. The van der Waals surface area contributed by atoms with Crippen LogP contribution in [0.2, 0.25) is 0 Å². The monoisotopic (exact) mass is 431 g/mol. The molecule has 1 aliphatic heterocycles. The summed E-state index contributed by atoms with van der Waals surface area (Å²) in [5.74, 6) is 1.29. The molecular formula is C24H37N3O2S. The van der Waals surface area contributed by atoms with Gasteiger partial charge in [0, 0.05) is 12.1 Å². The Bertz CT molecular complexity index is 819. The molecule has 1 atom stereocenters. The zero-order valence-electron chi connectivity index (χ0n) is 18.1. The van der Waals surface area contributed by atoms with Crippen molar-refractivity contribution in [1.29, 1.82) is 0 Å². The Morgan fingerprint density at radius 3 is 1.93 bits per heavy atom. The van der Waals surface area contributed by atoms with Crippen molar-refractivity contribution in [3.8, 4) is 0 Å². The summed E-state index contributed by atoms with van der Waals surface area (Å²) in [5, 5.41) is 12.7. The number of benzene rings is 1. The van der Waals surface area contributed by atoms with E-state index in [1.165, 1.54) is 89.2 Å². The van der Waals surface area contributed by atoms with Crippen LogP contribution in [0.25, 0.3) is 0 Å². The Kier molecular flexibility index (Phi) is 7.14. The highest BCUT2D eigenvalue weighted by Gasteiger charge is 2.36. The van der Waals surface area contributed by atoms with E-state index < -0.39 is 10.0 Å². The highest BCUT2D eigenvalue weighted by Crippen LogP contribution is 2.38. The molecule has 0 spiro atoms. The lowest BCUT2D eigenvalue weighted by Gasteiger charge is -2.31. The summed E-state index contributed by atoms with van der Waals surface area (Å²) >= 11 is 0. The number of primary sulfonamides is 1. The molecule has 5 nitrogen and oxygen atoms in total. The van der Waals surface area contributed by atoms with Gasteiger partial charge in [0.2, 0.25) is 10.0 Å². The molecule has 0 saturated heterocycles. The van der Waals surface area contributed by atoms with E-state index in [9.17, 15) is 8.42 Å². The van der Waals surface area contributed by atoms with Gasteiger partial charge in [-0.2, -0.15) is 5.10 Å². The first kappa shape index (κ1) is 21.8. The smallest absolute Gasteiger partial charge is 0.238 e. The molecule has 0 bridgehead atoms. The fraction of sp³-hybridized carbons (Fsp3) is 0.708. The lowest BCUT2D eigenvalue weighted by Crippen LogP contribution is -2.34. The molecule has 0 radical (unpaired) electrons. The van der Waals surface area contributed by atoms with Crippen LogP contribution < -0.4 is 10.1 Å². The number of rotatable bonds is 4. The minimum Gasteiger partial charge on any atom is -0.262 e. The quantitative estimate of drug-likeness (QED) is 0.674. The molecule has 2 saturated carbocycles. The number of sulfonamides is 1. The molecule has 3 aliphatic rings. The predicted octanol–water partition coefficient (Wildman–Crippen LogP) is 5.60. The highest BCUT2D eigenvalue weighted by atomic mass is 32.2. The van der Waals surface area contributed by atoms with Crippen molar-refractivity contribution in [2.75, 3.05) is 5.01 Å². The van der Waals surface area contributed by atoms with E-state index in [2.05, 4.69) is 5.01 Å². The van der Waals surface area contributed by atoms with E-state index in [-0.39, 0.29) is 4.90 Å². The van der Waals surface area contributed by atoms with Crippen molar-refractivity contribution in [3.63, 3.8) is 0 Å². The maximum Gasteiger partial charge on any atom is 0.238 e.